The summed E-state index contributed by atoms with van der Waals surface area (Å²) in [6.07, 6.45) is 9.75. The van der Waals surface area contributed by atoms with Crippen LogP contribution in [0.3, 0.4) is 0 Å². The molecule has 0 radical (unpaired) electrons. The van der Waals surface area contributed by atoms with Gasteiger partial charge in [-0.1, -0.05) is 195 Å². The van der Waals surface area contributed by atoms with Crippen LogP contribution in [0.15, 0.2) is 253 Å². The van der Waals surface area contributed by atoms with Crippen molar-refractivity contribution in [3.63, 3.8) is 0 Å². The van der Waals surface area contributed by atoms with Gasteiger partial charge >= 0.3 is 0 Å². The first-order chi connectivity index (χ1) is 31.0. The molecule has 0 saturated carbocycles. The third-order valence-corrected chi connectivity index (χ3v) is 13.7. The molecule has 300 valence electrons. The summed E-state index contributed by atoms with van der Waals surface area (Å²) in [6.45, 7) is 13.5. The van der Waals surface area contributed by atoms with Crippen molar-refractivity contribution in [1.82, 2.24) is 0 Å². The van der Waals surface area contributed by atoms with Gasteiger partial charge in [0, 0.05) is 10.8 Å². The molecule has 63 heavy (non-hydrogen) atoms. The van der Waals surface area contributed by atoms with Crippen LogP contribution in [0.4, 0.5) is 17.1 Å². The van der Waals surface area contributed by atoms with E-state index in [-0.39, 0.29) is 0 Å². The molecular formula is C62H47N. The fourth-order valence-electron chi connectivity index (χ4n) is 10.6. The molecule has 0 amide bonds. The van der Waals surface area contributed by atoms with E-state index < -0.39 is 5.41 Å². The average Bonchev–Trinajstić information content (AvgIpc) is 3.53. The molecule has 1 aliphatic heterocycles. The Hall–Kier alpha value is -7.74. The van der Waals surface area contributed by atoms with Crippen molar-refractivity contribution in [1.29, 1.82) is 0 Å². The summed E-state index contributed by atoms with van der Waals surface area (Å²) in [5.74, 6) is 0. The summed E-state index contributed by atoms with van der Waals surface area (Å²) < 4.78 is 0. The highest BCUT2D eigenvalue weighted by Crippen LogP contribution is 2.63. The van der Waals surface area contributed by atoms with Crippen molar-refractivity contribution in [2.75, 3.05) is 4.90 Å². The summed E-state index contributed by atoms with van der Waals surface area (Å²) in [7, 11) is 0. The fourth-order valence-corrected chi connectivity index (χ4v) is 10.6. The Kier molecular flexibility index (Phi) is 9.28. The van der Waals surface area contributed by atoms with Crippen LogP contribution in [0.2, 0.25) is 0 Å². The fraction of sp³-hybridized carbons (Fsp3) is 0.0645. The molecule has 0 N–H and O–H groups in total. The highest BCUT2D eigenvalue weighted by atomic mass is 15.2. The number of anilines is 3. The number of hydrogen-bond donors (Lipinski definition) is 0. The Balaban J connectivity index is 1.20. The van der Waals surface area contributed by atoms with Gasteiger partial charge in [-0.3, -0.25) is 0 Å². The highest BCUT2D eigenvalue weighted by Gasteiger charge is 2.52. The number of hydrogen-bond acceptors (Lipinski definition) is 1. The van der Waals surface area contributed by atoms with Crippen molar-refractivity contribution in [3.05, 3.63) is 276 Å². The van der Waals surface area contributed by atoms with Gasteiger partial charge in [0.2, 0.25) is 0 Å². The van der Waals surface area contributed by atoms with Gasteiger partial charge in [0.25, 0.3) is 0 Å². The summed E-state index contributed by atoms with van der Waals surface area (Å²) in [6, 6.07) is 69.1. The minimum absolute atomic E-state index is 0.680. The van der Waals surface area contributed by atoms with Crippen LogP contribution < -0.4 is 4.90 Å². The van der Waals surface area contributed by atoms with Gasteiger partial charge < -0.3 is 4.90 Å². The number of para-hydroxylation sites is 2. The summed E-state index contributed by atoms with van der Waals surface area (Å²) in [5, 5.41) is 9.81. The lowest BCUT2D eigenvalue weighted by Gasteiger charge is -2.46. The van der Waals surface area contributed by atoms with Crippen molar-refractivity contribution in [2.45, 2.75) is 25.7 Å². The predicted octanol–water partition coefficient (Wildman–Crippen LogP) is 16.6. The van der Waals surface area contributed by atoms with Crippen molar-refractivity contribution in [2.24, 2.45) is 0 Å². The van der Waals surface area contributed by atoms with Crippen LogP contribution in [0.5, 0.6) is 0 Å². The van der Waals surface area contributed by atoms with Crippen LogP contribution >= 0.6 is 0 Å². The molecule has 0 unspecified atom stereocenters. The molecule has 1 nitrogen and oxygen atoms in total. The second-order valence-corrected chi connectivity index (χ2v) is 17.0. The normalized spacial score (nSPS) is 14.9. The molecular weight excluding hydrogens is 759 g/mol. The summed E-state index contributed by atoms with van der Waals surface area (Å²) in [5.41, 5.74) is 15.1. The van der Waals surface area contributed by atoms with Gasteiger partial charge in [0.15, 0.2) is 0 Å². The molecule has 0 fully saturated rings. The van der Waals surface area contributed by atoms with Crippen LogP contribution in [0, 0.1) is 0 Å². The maximum atomic E-state index is 4.45. The van der Waals surface area contributed by atoms with Crippen molar-refractivity contribution < 1.29 is 0 Å². The first-order valence-corrected chi connectivity index (χ1v) is 21.9. The van der Waals surface area contributed by atoms with Gasteiger partial charge in [-0.05, 0) is 139 Å². The van der Waals surface area contributed by atoms with E-state index in [1.165, 1.54) is 93.3 Å². The maximum absolute atomic E-state index is 4.45. The standard InChI is InChI=1S/C62H47N/c1-5-43(35-44-31-32-46-19-7-9-21-48(46)36-44)37-57-41(3)42(4)58(40-45(6-2)50-34-33-47-20-8-10-22-49(47)38-50)62(57)55-27-15-17-29-59(55)63(60-30-18-16-28-56(60)62)61-53-25-13-11-23-51(53)39-52-24-12-14-26-54(52)61/h5-34,36-40H,1-2,35H2,3-4H3/b43-37+,45-40+. The summed E-state index contributed by atoms with van der Waals surface area (Å²) in [4.78, 5) is 2.55. The van der Waals surface area contributed by atoms with Crippen LogP contribution in [0.25, 0.3) is 48.7 Å². The molecule has 1 aliphatic carbocycles. The molecule has 0 atom stereocenters. The molecule has 0 saturated heterocycles. The van der Waals surface area contributed by atoms with Gasteiger partial charge in [0.1, 0.15) is 0 Å². The van der Waals surface area contributed by atoms with E-state index in [0.717, 1.165) is 28.9 Å². The van der Waals surface area contributed by atoms with Gasteiger partial charge in [-0.15, -0.1) is 0 Å². The molecule has 0 aromatic heterocycles. The smallest absolute Gasteiger partial charge is 0.0747 e. The lowest BCUT2D eigenvalue weighted by molar-refractivity contribution is 0.738. The topological polar surface area (TPSA) is 3.24 Å². The zero-order valence-electron chi connectivity index (χ0n) is 35.8. The molecule has 2 aliphatic rings. The summed E-state index contributed by atoms with van der Waals surface area (Å²) >= 11 is 0. The van der Waals surface area contributed by atoms with E-state index in [1.807, 2.05) is 6.08 Å². The van der Waals surface area contributed by atoms with E-state index in [9.17, 15) is 0 Å². The Morgan fingerprint density at radius 1 is 0.476 bits per heavy atom. The Morgan fingerprint density at radius 2 is 0.968 bits per heavy atom. The Morgan fingerprint density at radius 3 is 1.56 bits per heavy atom. The second-order valence-electron chi connectivity index (χ2n) is 17.0. The largest absolute Gasteiger partial charge is 0.309 e. The lowest BCUT2D eigenvalue weighted by Crippen LogP contribution is -2.37. The highest BCUT2D eigenvalue weighted by molar-refractivity contribution is 6.15. The van der Waals surface area contributed by atoms with E-state index in [1.54, 1.807) is 0 Å². The maximum Gasteiger partial charge on any atom is 0.0747 e. The van der Waals surface area contributed by atoms with Crippen LogP contribution in [-0.4, -0.2) is 0 Å². The quantitative estimate of drug-likeness (QED) is 0.109. The van der Waals surface area contributed by atoms with Crippen LogP contribution in [0.1, 0.15) is 36.1 Å². The molecule has 1 heterocycles. The van der Waals surface area contributed by atoms with Crippen molar-refractivity contribution >= 4 is 65.7 Å². The number of benzene rings is 9. The first-order valence-electron chi connectivity index (χ1n) is 21.9. The van der Waals surface area contributed by atoms with E-state index in [0.29, 0.717) is 0 Å². The first kappa shape index (κ1) is 38.2. The van der Waals surface area contributed by atoms with E-state index in [4.69, 9.17) is 0 Å². The zero-order chi connectivity index (χ0) is 42.7. The van der Waals surface area contributed by atoms with E-state index in [2.05, 4.69) is 238 Å². The van der Waals surface area contributed by atoms with E-state index >= 15 is 0 Å². The molecule has 9 aromatic rings. The molecule has 9 aromatic carbocycles. The third kappa shape index (κ3) is 6.07. The number of allylic oxidation sites excluding steroid dienone is 10. The lowest BCUT2D eigenvalue weighted by atomic mass is 9.62. The molecule has 0 bridgehead atoms. The number of rotatable bonds is 8. The predicted molar refractivity (Wildman–Crippen MR) is 270 cm³/mol. The Bertz CT molecular complexity index is 3390. The number of fused-ring (bicyclic) bond motifs is 8. The van der Waals surface area contributed by atoms with Crippen LogP contribution in [-0.2, 0) is 11.8 Å². The second kappa shape index (κ2) is 15.3. The molecule has 11 rings (SSSR count). The van der Waals surface area contributed by atoms with Crippen molar-refractivity contribution in [3.8, 4) is 0 Å². The number of nitrogens with zero attached hydrogens (tertiary/aromatic N) is 1. The molecule has 1 spiro atoms. The average molecular weight is 806 g/mol. The minimum atomic E-state index is -0.680. The zero-order valence-corrected chi connectivity index (χ0v) is 35.8. The third-order valence-electron chi connectivity index (χ3n) is 13.7. The minimum Gasteiger partial charge on any atom is -0.309 e. The monoisotopic (exact) mass is 805 g/mol. The van der Waals surface area contributed by atoms with Gasteiger partial charge in [0.05, 0.1) is 22.5 Å². The SMILES string of the molecule is C=C/C(=C\C1=C(C)C(C)=C(/C=C(\C=C)c2ccc3ccccc3c2)C12c1ccccc1N(c1c3ccccc3cc3ccccc13)c1ccccc12)Cc1ccc2ccccc2c1. The van der Waals surface area contributed by atoms with Gasteiger partial charge in [-0.2, -0.15) is 0 Å². The Labute approximate surface area is 370 Å². The molecule has 1 heteroatoms. The van der Waals surface area contributed by atoms with Gasteiger partial charge in [-0.25, -0.2) is 0 Å².